The quantitative estimate of drug-likeness (QED) is 0.612. The van der Waals surface area contributed by atoms with E-state index >= 15 is 0 Å². The fraction of sp³-hybridized carbons (Fsp3) is 0.500. The lowest BCUT2D eigenvalue weighted by Gasteiger charge is -2.22. The van der Waals surface area contributed by atoms with Gasteiger partial charge in [-0.1, -0.05) is 30.2 Å². The van der Waals surface area contributed by atoms with Crippen molar-refractivity contribution in [2.45, 2.75) is 44.3 Å². The van der Waals surface area contributed by atoms with Crippen molar-refractivity contribution in [1.29, 1.82) is 0 Å². The maximum Gasteiger partial charge on any atom is 0.419 e. The number of likely N-dealkylation sites (N-methyl/N-ethyl adjacent to an activating group) is 1. The Bertz CT molecular complexity index is 519. The molecule has 21 heavy (non-hydrogen) atoms. The number of hydrogen-bond donors (Lipinski definition) is 1. The Morgan fingerprint density at radius 3 is 2.57 bits per heavy atom. The zero-order chi connectivity index (χ0) is 15.5. The third-order valence-electron chi connectivity index (χ3n) is 3.88. The van der Waals surface area contributed by atoms with Crippen molar-refractivity contribution >= 4 is 0 Å². The molecule has 1 unspecified atom stereocenters. The highest BCUT2D eigenvalue weighted by Crippen LogP contribution is 2.36. The third-order valence-corrected chi connectivity index (χ3v) is 3.88. The number of hydrogen-bond acceptors (Lipinski definition) is 1. The predicted molar refractivity (Wildman–Crippen MR) is 74.4 cm³/mol. The van der Waals surface area contributed by atoms with Gasteiger partial charge in [0, 0.05) is 5.56 Å². The third kappa shape index (κ3) is 3.64. The second-order valence-electron chi connectivity index (χ2n) is 5.31. The molecule has 0 heterocycles. The molecule has 0 radical (unpaired) electrons. The second kappa shape index (κ2) is 6.60. The first-order valence-corrected chi connectivity index (χ1v) is 7.17. The molecule has 2 rings (SSSR count). The minimum absolute atomic E-state index is 0.0699. The van der Waals surface area contributed by atoms with Crippen molar-refractivity contribution in [3.8, 4) is 0 Å². The Labute approximate surface area is 122 Å². The summed E-state index contributed by atoms with van der Waals surface area (Å²) in [5.74, 6) is -1.17. The number of rotatable bonds is 3. The fourth-order valence-corrected chi connectivity index (χ4v) is 2.83. The van der Waals surface area contributed by atoms with Gasteiger partial charge in [-0.3, -0.25) is 0 Å². The van der Waals surface area contributed by atoms with Crippen molar-refractivity contribution in [3.05, 3.63) is 46.8 Å². The molecule has 1 N–H and O–H groups in total. The van der Waals surface area contributed by atoms with Crippen LogP contribution in [0.25, 0.3) is 0 Å². The molecule has 1 aromatic rings. The van der Waals surface area contributed by atoms with Crippen LogP contribution in [0.15, 0.2) is 29.8 Å². The van der Waals surface area contributed by atoms with Crippen LogP contribution < -0.4 is 5.32 Å². The number of nitrogens with one attached hydrogen (secondary N) is 1. The summed E-state index contributed by atoms with van der Waals surface area (Å²) in [7, 11) is 1.65. The minimum atomic E-state index is -4.67. The van der Waals surface area contributed by atoms with Gasteiger partial charge in [0.25, 0.3) is 0 Å². The van der Waals surface area contributed by atoms with Gasteiger partial charge in [0.05, 0.1) is 11.6 Å². The first-order valence-electron chi connectivity index (χ1n) is 7.17. The Kier molecular flexibility index (Phi) is 5.04. The Morgan fingerprint density at radius 1 is 1.14 bits per heavy atom. The second-order valence-corrected chi connectivity index (χ2v) is 5.31. The molecular formula is C16H19F4N. The Hall–Kier alpha value is -1.36. The summed E-state index contributed by atoms with van der Waals surface area (Å²) in [6.45, 7) is 0. The lowest BCUT2D eigenvalue weighted by molar-refractivity contribution is -0.140. The molecule has 1 aliphatic carbocycles. The molecule has 0 bridgehead atoms. The summed E-state index contributed by atoms with van der Waals surface area (Å²) in [4.78, 5) is 0. The van der Waals surface area contributed by atoms with Gasteiger partial charge in [0.2, 0.25) is 0 Å². The van der Waals surface area contributed by atoms with Crippen molar-refractivity contribution in [3.63, 3.8) is 0 Å². The maximum atomic E-state index is 14.3. The van der Waals surface area contributed by atoms with Gasteiger partial charge in [-0.05, 0) is 38.8 Å². The van der Waals surface area contributed by atoms with E-state index in [0.717, 1.165) is 43.7 Å². The summed E-state index contributed by atoms with van der Waals surface area (Å²) in [6.07, 6.45) is 2.22. The summed E-state index contributed by atoms with van der Waals surface area (Å²) in [5, 5.41) is 2.96. The molecule has 0 fully saturated rings. The van der Waals surface area contributed by atoms with Crippen LogP contribution in [0.5, 0.6) is 0 Å². The van der Waals surface area contributed by atoms with Crippen LogP contribution in [-0.4, -0.2) is 7.05 Å². The lowest BCUT2D eigenvalue weighted by atomic mass is 9.93. The zero-order valence-corrected chi connectivity index (χ0v) is 11.9. The van der Waals surface area contributed by atoms with Gasteiger partial charge in [-0.25, -0.2) is 4.39 Å². The van der Waals surface area contributed by atoms with E-state index in [1.54, 1.807) is 7.05 Å². The monoisotopic (exact) mass is 301 g/mol. The normalized spacial score (nSPS) is 18.0. The van der Waals surface area contributed by atoms with Crippen LogP contribution in [0.4, 0.5) is 17.6 Å². The largest absolute Gasteiger partial charge is 0.419 e. The number of halogens is 4. The molecule has 0 aliphatic heterocycles. The van der Waals surface area contributed by atoms with E-state index in [1.165, 1.54) is 12.1 Å². The maximum absolute atomic E-state index is 14.3. The molecule has 5 heteroatoms. The van der Waals surface area contributed by atoms with E-state index in [1.807, 2.05) is 6.08 Å². The molecule has 1 aliphatic rings. The van der Waals surface area contributed by atoms with E-state index in [9.17, 15) is 17.6 Å². The van der Waals surface area contributed by atoms with Gasteiger partial charge in [-0.15, -0.1) is 0 Å². The summed E-state index contributed by atoms with van der Waals surface area (Å²) >= 11 is 0. The van der Waals surface area contributed by atoms with Crippen molar-refractivity contribution in [1.82, 2.24) is 5.32 Å². The molecule has 1 nitrogen and oxygen atoms in total. The number of benzene rings is 1. The summed E-state index contributed by atoms with van der Waals surface area (Å²) in [6, 6.07) is 2.98. The van der Waals surface area contributed by atoms with Crippen LogP contribution in [-0.2, 0) is 6.18 Å². The average Bonchev–Trinajstić information content (AvgIpc) is 2.69. The highest BCUT2D eigenvalue weighted by Gasteiger charge is 2.36. The minimum Gasteiger partial charge on any atom is -0.310 e. The van der Waals surface area contributed by atoms with Gasteiger partial charge in [-0.2, -0.15) is 13.2 Å². The molecule has 0 saturated heterocycles. The Balaban J connectivity index is 2.41. The van der Waals surface area contributed by atoms with Gasteiger partial charge in [0.1, 0.15) is 5.82 Å². The standard InChI is InChI=1S/C16H19F4N/c1-21-15(11-7-4-2-3-5-8-11)12-9-6-10-13(14(12)17)16(18,19)20/h6-7,9-10,15,21H,2-5,8H2,1H3. The molecule has 0 amide bonds. The van der Waals surface area contributed by atoms with Crippen molar-refractivity contribution in [2.75, 3.05) is 7.05 Å². The topological polar surface area (TPSA) is 12.0 Å². The first kappa shape index (κ1) is 16.0. The predicted octanol–water partition coefficient (Wildman–Crippen LogP) is 5.00. The fourth-order valence-electron chi connectivity index (χ4n) is 2.83. The van der Waals surface area contributed by atoms with Crippen LogP contribution in [0, 0.1) is 5.82 Å². The number of allylic oxidation sites excluding steroid dienone is 1. The SMILES string of the molecule is CNC(C1=CCCCCC1)c1cccc(C(F)(F)F)c1F. The van der Waals surface area contributed by atoms with E-state index in [4.69, 9.17) is 0 Å². The van der Waals surface area contributed by atoms with E-state index in [0.29, 0.717) is 0 Å². The van der Waals surface area contributed by atoms with Crippen molar-refractivity contribution in [2.24, 2.45) is 0 Å². The number of alkyl halides is 3. The summed E-state index contributed by atoms with van der Waals surface area (Å²) < 4.78 is 52.8. The highest BCUT2D eigenvalue weighted by molar-refractivity contribution is 5.35. The molecule has 1 aromatic carbocycles. The van der Waals surface area contributed by atoms with Gasteiger partial charge < -0.3 is 5.32 Å². The lowest BCUT2D eigenvalue weighted by Crippen LogP contribution is -2.22. The molecule has 1 atom stereocenters. The van der Waals surface area contributed by atoms with E-state index in [-0.39, 0.29) is 5.56 Å². The average molecular weight is 301 g/mol. The molecule has 116 valence electrons. The molecular weight excluding hydrogens is 282 g/mol. The highest BCUT2D eigenvalue weighted by atomic mass is 19.4. The van der Waals surface area contributed by atoms with Crippen LogP contribution in [0.1, 0.15) is 49.3 Å². The van der Waals surface area contributed by atoms with Gasteiger partial charge >= 0.3 is 6.18 Å². The molecule has 0 saturated carbocycles. The Morgan fingerprint density at radius 2 is 1.90 bits per heavy atom. The smallest absolute Gasteiger partial charge is 0.310 e. The van der Waals surface area contributed by atoms with Crippen LogP contribution >= 0.6 is 0 Å². The zero-order valence-electron chi connectivity index (χ0n) is 11.9. The van der Waals surface area contributed by atoms with E-state index < -0.39 is 23.6 Å². The first-order chi connectivity index (χ1) is 9.95. The van der Waals surface area contributed by atoms with Gasteiger partial charge in [0.15, 0.2) is 0 Å². The molecule has 0 aromatic heterocycles. The molecule has 0 spiro atoms. The van der Waals surface area contributed by atoms with Crippen LogP contribution in [0.3, 0.4) is 0 Å². The van der Waals surface area contributed by atoms with Crippen LogP contribution in [0.2, 0.25) is 0 Å². The van der Waals surface area contributed by atoms with E-state index in [2.05, 4.69) is 5.32 Å². The van der Waals surface area contributed by atoms with Crippen molar-refractivity contribution < 1.29 is 17.6 Å². The summed E-state index contributed by atoms with van der Waals surface area (Å²) in [5.41, 5.74) is -0.150.